The summed E-state index contributed by atoms with van der Waals surface area (Å²) >= 11 is 0. The van der Waals surface area contributed by atoms with Crippen LogP contribution >= 0.6 is 0 Å². The number of rotatable bonds is 6. The summed E-state index contributed by atoms with van der Waals surface area (Å²) in [5.41, 5.74) is 16.1. The Morgan fingerprint density at radius 3 is 1.40 bits per heavy atom. The second-order valence-electron chi connectivity index (χ2n) is 13.8. The molecule has 9 rings (SSSR count). The van der Waals surface area contributed by atoms with E-state index in [1.54, 1.807) is 0 Å². The highest BCUT2D eigenvalue weighted by atomic mass is 15.1. The fraction of sp³-hybridized carbons (Fsp3) is 0.0612. The summed E-state index contributed by atoms with van der Waals surface area (Å²) in [5, 5.41) is 2.55. The Hall–Kier alpha value is -6.18. The lowest BCUT2D eigenvalue weighted by molar-refractivity contribution is 0.666. The summed E-state index contributed by atoms with van der Waals surface area (Å²) in [6, 6.07) is 68.4. The van der Waals surface area contributed by atoms with Crippen molar-refractivity contribution >= 4 is 27.8 Å². The molecule has 238 valence electrons. The van der Waals surface area contributed by atoms with Gasteiger partial charge in [-0.15, -0.1) is 0 Å². The van der Waals surface area contributed by atoms with Crippen molar-refractivity contribution in [1.82, 2.24) is 0 Å². The molecule has 0 aromatic heterocycles. The van der Waals surface area contributed by atoms with Crippen LogP contribution in [0.15, 0.2) is 188 Å². The molecule has 1 aliphatic carbocycles. The third-order valence-electron chi connectivity index (χ3n) is 10.4. The predicted octanol–water partition coefficient (Wildman–Crippen LogP) is 13.6. The summed E-state index contributed by atoms with van der Waals surface area (Å²) in [7, 11) is 0. The van der Waals surface area contributed by atoms with Crippen LogP contribution in [0.3, 0.4) is 0 Å². The van der Waals surface area contributed by atoms with Crippen LogP contribution in [0, 0.1) is 0 Å². The van der Waals surface area contributed by atoms with E-state index in [2.05, 4.69) is 207 Å². The number of fused-ring (bicyclic) bond motifs is 5. The topological polar surface area (TPSA) is 3.24 Å². The standard InChI is InChI=1S/C49H37N/c1-49(2)46-32-39(35-16-8-4-9-17-35)28-31-42(46)45-33-47(43-20-12-13-21-44(43)48(45)49)50(40-18-10-5-11-19-40)41-29-26-38(27-30-41)37-24-22-36(23-25-37)34-14-6-3-7-15-34/h3-33H,1-2H3. The molecule has 0 spiro atoms. The maximum Gasteiger partial charge on any atom is 0.0546 e. The molecule has 0 aliphatic heterocycles. The van der Waals surface area contributed by atoms with Crippen molar-refractivity contribution in [2.45, 2.75) is 19.3 Å². The van der Waals surface area contributed by atoms with Crippen molar-refractivity contribution in [2.24, 2.45) is 0 Å². The molecular formula is C49H37N. The fourth-order valence-corrected chi connectivity index (χ4v) is 7.96. The molecule has 1 nitrogen and oxygen atoms in total. The van der Waals surface area contributed by atoms with Gasteiger partial charge in [0.05, 0.1) is 5.69 Å². The first-order valence-corrected chi connectivity index (χ1v) is 17.4. The zero-order chi connectivity index (χ0) is 33.7. The van der Waals surface area contributed by atoms with Crippen LogP contribution in [0.25, 0.3) is 55.3 Å². The van der Waals surface area contributed by atoms with Gasteiger partial charge in [-0.1, -0.05) is 166 Å². The summed E-state index contributed by atoms with van der Waals surface area (Å²) < 4.78 is 0. The molecule has 0 heterocycles. The molecule has 0 unspecified atom stereocenters. The summed E-state index contributed by atoms with van der Waals surface area (Å²) in [4.78, 5) is 2.42. The molecule has 0 saturated carbocycles. The van der Waals surface area contributed by atoms with Crippen molar-refractivity contribution in [3.63, 3.8) is 0 Å². The third kappa shape index (κ3) is 5.02. The SMILES string of the molecule is CC1(C)c2cc(-c3ccccc3)ccc2-c2cc(N(c3ccccc3)c3ccc(-c4ccc(-c5ccccc5)cc4)cc3)c3ccccc3c21. The van der Waals surface area contributed by atoms with Crippen LogP contribution in [0.1, 0.15) is 25.0 Å². The van der Waals surface area contributed by atoms with Crippen molar-refractivity contribution in [3.05, 3.63) is 199 Å². The highest BCUT2D eigenvalue weighted by Crippen LogP contribution is 2.55. The number of benzene rings is 8. The minimum Gasteiger partial charge on any atom is -0.310 e. The monoisotopic (exact) mass is 639 g/mol. The Kier molecular flexibility index (Phi) is 7.21. The van der Waals surface area contributed by atoms with Crippen LogP contribution in [0.5, 0.6) is 0 Å². The predicted molar refractivity (Wildman–Crippen MR) is 213 cm³/mol. The number of anilines is 3. The van der Waals surface area contributed by atoms with E-state index in [1.807, 2.05) is 0 Å². The molecule has 50 heavy (non-hydrogen) atoms. The van der Waals surface area contributed by atoms with E-state index >= 15 is 0 Å². The third-order valence-corrected chi connectivity index (χ3v) is 10.4. The smallest absolute Gasteiger partial charge is 0.0546 e. The van der Waals surface area contributed by atoms with Gasteiger partial charge in [0.25, 0.3) is 0 Å². The Labute approximate surface area is 294 Å². The second-order valence-corrected chi connectivity index (χ2v) is 13.8. The van der Waals surface area contributed by atoms with Gasteiger partial charge in [-0.3, -0.25) is 0 Å². The molecule has 0 atom stereocenters. The number of nitrogens with zero attached hydrogens (tertiary/aromatic N) is 1. The molecule has 8 aromatic carbocycles. The van der Waals surface area contributed by atoms with Crippen LogP contribution in [-0.4, -0.2) is 0 Å². The van der Waals surface area contributed by atoms with Gasteiger partial charge in [-0.2, -0.15) is 0 Å². The highest BCUT2D eigenvalue weighted by Gasteiger charge is 2.38. The average Bonchev–Trinajstić information content (AvgIpc) is 3.41. The Bertz CT molecular complexity index is 2460. The van der Waals surface area contributed by atoms with Crippen LogP contribution in [-0.2, 0) is 5.41 Å². The molecule has 0 fully saturated rings. The minimum absolute atomic E-state index is 0.150. The van der Waals surface area contributed by atoms with Crippen molar-refractivity contribution in [2.75, 3.05) is 4.90 Å². The molecule has 0 amide bonds. The Balaban J connectivity index is 1.17. The number of hydrogen-bond donors (Lipinski definition) is 0. The first-order valence-electron chi connectivity index (χ1n) is 17.4. The maximum atomic E-state index is 2.44. The van der Waals surface area contributed by atoms with E-state index in [-0.39, 0.29) is 5.41 Å². The Morgan fingerprint density at radius 1 is 0.360 bits per heavy atom. The van der Waals surface area contributed by atoms with E-state index in [4.69, 9.17) is 0 Å². The van der Waals surface area contributed by atoms with E-state index in [9.17, 15) is 0 Å². The molecule has 0 bridgehead atoms. The Morgan fingerprint density at radius 2 is 0.800 bits per heavy atom. The van der Waals surface area contributed by atoms with Crippen LogP contribution in [0.4, 0.5) is 17.1 Å². The summed E-state index contributed by atoms with van der Waals surface area (Å²) in [5.74, 6) is 0. The van der Waals surface area contributed by atoms with Gasteiger partial charge in [0.15, 0.2) is 0 Å². The minimum atomic E-state index is -0.150. The van der Waals surface area contributed by atoms with E-state index in [0.29, 0.717) is 0 Å². The maximum absolute atomic E-state index is 2.44. The van der Waals surface area contributed by atoms with E-state index in [0.717, 1.165) is 11.4 Å². The molecule has 0 radical (unpaired) electrons. The highest BCUT2D eigenvalue weighted by molar-refractivity contribution is 6.07. The molecule has 8 aromatic rings. The zero-order valence-corrected chi connectivity index (χ0v) is 28.3. The quantitative estimate of drug-likeness (QED) is 0.175. The van der Waals surface area contributed by atoms with Crippen LogP contribution < -0.4 is 4.90 Å². The van der Waals surface area contributed by atoms with Crippen molar-refractivity contribution in [3.8, 4) is 44.5 Å². The van der Waals surface area contributed by atoms with Gasteiger partial charge in [0.1, 0.15) is 0 Å². The lowest BCUT2D eigenvalue weighted by atomic mass is 9.79. The molecule has 1 heteroatoms. The molecule has 0 N–H and O–H groups in total. The zero-order valence-electron chi connectivity index (χ0n) is 28.3. The average molecular weight is 640 g/mol. The van der Waals surface area contributed by atoms with Gasteiger partial charge < -0.3 is 4.90 Å². The van der Waals surface area contributed by atoms with Gasteiger partial charge in [0, 0.05) is 22.2 Å². The van der Waals surface area contributed by atoms with Gasteiger partial charge >= 0.3 is 0 Å². The molecular weight excluding hydrogens is 603 g/mol. The van der Waals surface area contributed by atoms with E-state index in [1.165, 1.54) is 72.1 Å². The molecule has 0 saturated heterocycles. The van der Waals surface area contributed by atoms with Crippen molar-refractivity contribution < 1.29 is 0 Å². The van der Waals surface area contributed by atoms with Gasteiger partial charge in [0.2, 0.25) is 0 Å². The number of para-hydroxylation sites is 1. The van der Waals surface area contributed by atoms with Crippen molar-refractivity contribution in [1.29, 1.82) is 0 Å². The van der Waals surface area contributed by atoms with Gasteiger partial charge in [-0.25, -0.2) is 0 Å². The van der Waals surface area contributed by atoms with Crippen LogP contribution in [0.2, 0.25) is 0 Å². The molecule has 1 aliphatic rings. The first-order chi connectivity index (χ1) is 24.6. The number of hydrogen-bond acceptors (Lipinski definition) is 1. The first kappa shape index (κ1) is 29.9. The largest absolute Gasteiger partial charge is 0.310 e. The summed E-state index contributed by atoms with van der Waals surface area (Å²) in [6.45, 7) is 4.78. The lowest BCUT2D eigenvalue weighted by Crippen LogP contribution is -2.16. The fourth-order valence-electron chi connectivity index (χ4n) is 7.96. The lowest BCUT2D eigenvalue weighted by Gasteiger charge is -2.29. The normalized spacial score (nSPS) is 12.8. The second kappa shape index (κ2) is 12.1. The summed E-state index contributed by atoms with van der Waals surface area (Å²) in [6.07, 6.45) is 0. The van der Waals surface area contributed by atoms with E-state index < -0.39 is 0 Å². The van der Waals surface area contributed by atoms with Gasteiger partial charge in [-0.05, 0) is 97.4 Å².